The summed E-state index contributed by atoms with van der Waals surface area (Å²) in [6.45, 7) is 1.89. The number of anilines is 1. The Morgan fingerprint density at radius 2 is 2.07 bits per heavy atom. The summed E-state index contributed by atoms with van der Waals surface area (Å²) in [6.07, 6.45) is 4.26. The first-order valence-electron chi connectivity index (χ1n) is 9.23. The van der Waals surface area contributed by atoms with Crippen molar-refractivity contribution in [2.24, 2.45) is 0 Å². The Labute approximate surface area is 170 Å². The lowest BCUT2D eigenvalue weighted by Gasteiger charge is -2.09. The highest BCUT2D eigenvalue weighted by molar-refractivity contribution is 7.17. The van der Waals surface area contributed by atoms with Gasteiger partial charge in [0.25, 0.3) is 5.91 Å². The van der Waals surface area contributed by atoms with Crippen LogP contribution in [0.1, 0.15) is 34.1 Å². The molecule has 0 atom stereocenters. The van der Waals surface area contributed by atoms with Gasteiger partial charge in [0, 0.05) is 4.88 Å². The number of hydrogen-bond acceptors (Lipinski definition) is 8. The van der Waals surface area contributed by atoms with E-state index in [1.807, 2.05) is 0 Å². The number of ether oxygens (including phenoxy) is 2. The standard InChI is InChI=1S/C19H19N5O4S/c1-2-27-19(26)17-14-4-3-5-15(14)29-18(17)21-16(25)10-28-13-8-6-12(7-9-13)24-11-20-22-23-24/h6-9,11H,2-5,10H2,1H3,(H,21,25). The van der Waals surface area contributed by atoms with Gasteiger partial charge in [0.2, 0.25) is 0 Å². The second kappa shape index (κ2) is 8.39. The Kier molecular flexibility index (Phi) is 5.52. The summed E-state index contributed by atoms with van der Waals surface area (Å²) in [5.41, 5.74) is 2.27. The molecule has 0 saturated heterocycles. The number of benzene rings is 1. The van der Waals surface area contributed by atoms with E-state index in [0.29, 0.717) is 22.9 Å². The molecule has 0 radical (unpaired) electrons. The molecule has 2 heterocycles. The van der Waals surface area contributed by atoms with Crippen LogP contribution in [0, 0.1) is 0 Å². The Bertz CT molecular complexity index is 1010. The Morgan fingerprint density at radius 1 is 1.24 bits per heavy atom. The maximum atomic E-state index is 12.4. The molecule has 2 aromatic heterocycles. The molecular formula is C19H19N5O4S. The lowest BCUT2D eigenvalue weighted by molar-refractivity contribution is -0.118. The zero-order chi connectivity index (χ0) is 20.2. The number of nitrogens with zero attached hydrogens (tertiary/aromatic N) is 4. The fourth-order valence-corrected chi connectivity index (χ4v) is 4.49. The number of carbonyl (C=O) groups excluding carboxylic acids is 2. The minimum Gasteiger partial charge on any atom is -0.484 e. The van der Waals surface area contributed by atoms with Crippen LogP contribution in [0.25, 0.3) is 5.69 Å². The Balaban J connectivity index is 1.39. The van der Waals surface area contributed by atoms with Crippen molar-refractivity contribution in [1.29, 1.82) is 0 Å². The molecule has 0 saturated carbocycles. The molecule has 1 amide bonds. The number of amides is 1. The fourth-order valence-electron chi connectivity index (χ4n) is 3.20. The number of tetrazole rings is 1. The maximum Gasteiger partial charge on any atom is 0.341 e. The predicted octanol–water partition coefficient (Wildman–Crippen LogP) is 2.41. The van der Waals surface area contributed by atoms with Crippen LogP contribution in [0.5, 0.6) is 5.75 Å². The molecule has 0 fully saturated rings. The molecule has 1 N–H and O–H groups in total. The summed E-state index contributed by atoms with van der Waals surface area (Å²) < 4.78 is 12.2. The number of thiophene rings is 1. The summed E-state index contributed by atoms with van der Waals surface area (Å²) in [5, 5.41) is 14.3. The van der Waals surface area contributed by atoms with E-state index in [9.17, 15) is 9.59 Å². The second-order valence-electron chi connectivity index (χ2n) is 6.37. The number of fused-ring (bicyclic) bond motifs is 1. The number of esters is 1. The van der Waals surface area contributed by atoms with Crippen molar-refractivity contribution in [3.05, 3.63) is 46.6 Å². The van der Waals surface area contributed by atoms with Gasteiger partial charge >= 0.3 is 5.97 Å². The first-order valence-corrected chi connectivity index (χ1v) is 10.0. The third-order valence-corrected chi connectivity index (χ3v) is 5.68. The molecule has 1 aliphatic carbocycles. The van der Waals surface area contributed by atoms with Crippen molar-refractivity contribution in [2.45, 2.75) is 26.2 Å². The highest BCUT2D eigenvalue weighted by Gasteiger charge is 2.28. The Hall–Kier alpha value is -3.27. The van der Waals surface area contributed by atoms with Crippen LogP contribution in [0.15, 0.2) is 30.6 Å². The predicted molar refractivity (Wildman–Crippen MR) is 106 cm³/mol. The molecule has 4 rings (SSSR count). The smallest absolute Gasteiger partial charge is 0.341 e. The van der Waals surface area contributed by atoms with Crippen LogP contribution in [-0.4, -0.2) is 45.3 Å². The highest BCUT2D eigenvalue weighted by atomic mass is 32.1. The van der Waals surface area contributed by atoms with Gasteiger partial charge in [-0.05, 0) is 66.4 Å². The molecule has 0 spiro atoms. The number of carbonyl (C=O) groups is 2. The van der Waals surface area contributed by atoms with Crippen LogP contribution in [0.4, 0.5) is 5.00 Å². The average molecular weight is 413 g/mol. The molecule has 1 aromatic carbocycles. The SMILES string of the molecule is CCOC(=O)c1c(NC(=O)COc2ccc(-n3cnnn3)cc2)sc2c1CCC2. The van der Waals surface area contributed by atoms with E-state index in [4.69, 9.17) is 9.47 Å². The van der Waals surface area contributed by atoms with Crippen LogP contribution in [0.2, 0.25) is 0 Å². The molecule has 1 aliphatic rings. The second-order valence-corrected chi connectivity index (χ2v) is 7.47. The van der Waals surface area contributed by atoms with Gasteiger partial charge < -0.3 is 14.8 Å². The largest absolute Gasteiger partial charge is 0.484 e. The maximum absolute atomic E-state index is 12.4. The van der Waals surface area contributed by atoms with Crippen molar-refractivity contribution in [1.82, 2.24) is 20.2 Å². The van der Waals surface area contributed by atoms with Crippen molar-refractivity contribution < 1.29 is 19.1 Å². The first-order chi connectivity index (χ1) is 14.2. The van der Waals surface area contributed by atoms with Gasteiger partial charge in [-0.3, -0.25) is 4.79 Å². The lowest BCUT2D eigenvalue weighted by Crippen LogP contribution is -2.21. The van der Waals surface area contributed by atoms with Crippen LogP contribution in [0.3, 0.4) is 0 Å². The van der Waals surface area contributed by atoms with E-state index in [0.717, 1.165) is 35.4 Å². The van der Waals surface area contributed by atoms with E-state index in [1.54, 1.807) is 31.2 Å². The summed E-state index contributed by atoms with van der Waals surface area (Å²) in [7, 11) is 0. The molecule has 0 aliphatic heterocycles. The van der Waals surface area contributed by atoms with E-state index < -0.39 is 0 Å². The highest BCUT2D eigenvalue weighted by Crippen LogP contribution is 2.39. The molecular weight excluding hydrogens is 394 g/mol. The van der Waals surface area contributed by atoms with Gasteiger partial charge in [0.1, 0.15) is 17.1 Å². The molecule has 3 aromatic rings. The molecule has 0 bridgehead atoms. The van der Waals surface area contributed by atoms with E-state index in [2.05, 4.69) is 20.8 Å². The minimum absolute atomic E-state index is 0.172. The van der Waals surface area contributed by atoms with Gasteiger partial charge in [-0.25, -0.2) is 9.48 Å². The van der Waals surface area contributed by atoms with Crippen molar-refractivity contribution >= 4 is 28.2 Å². The number of nitrogens with one attached hydrogen (secondary N) is 1. The Morgan fingerprint density at radius 3 is 2.79 bits per heavy atom. The van der Waals surface area contributed by atoms with Gasteiger partial charge in [-0.1, -0.05) is 0 Å². The molecule has 29 heavy (non-hydrogen) atoms. The minimum atomic E-state index is -0.388. The van der Waals surface area contributed by atoms with Gasteiger partial charge in [0.05, 0.1) is 17.9 Å². The third kappa shape index (κ3) is 4.11. The van der Waals surface area contributed by atoms with E-state index in [-0.39, 0.29) is 18.5 Å². The average Bonchev–Trinajstić information content (AvgIpc) is 3.44. The monoisotopic (exact) mass is 413 g/mol. The number of hydrogen-bond donors (Lipinski definition) is 1. The fraction of sp³-hybridized carbons (Fsp3) is 0.316. The third-order valence-electron chi connectivity index (χ3n) is 4.47. The molecule has 9 nitrogen and oxygen atoms in total. The normalized spacial score (nSPS) is 12.4. The van der Waals surface area contributed by atoms with Gasteiger partial charge in [0.15, 0.2) is 6.61 Å². The summed E-state index contributed by atoms with van der Waals surface area (Å²) in [6, 6.07) is 7.03. The van der Waals surface area contributed by atoms with Gasteiger partial charge in [-0.2, -0.15) is 0 Å². The van der Waals surface area contributed by atoms with Gasteiger partial charge in [-0.15, -0.1) is 16.4 Å². The summed E-state index contributed by atoms with van der Waals surface area (Å²) in [4.78, 5) is 25.9. The number of rotatable bonds is 7. The zero-order valence-corrected chi connectivity index (χ0v) is 16.6. The van der Waals surface area contributed by atoms with Crippen molar-refractivity contribution in [2.75, 3.05) is 18.5 Å². The zero-order valence-electron chi connectivity index (χ0n) is 15.8. The first kappa shape index (κ1) is 19.1. The quantitative estimate of drug-likeness (QED) is 0.593. The van der Waals surface area contributed by atoms with Crippen molar-refractivity contribution in [3.8, 4) is 11.4 Å². The topological polar surface area (TPSA) is 108 Å². The molecule has 150 valence electrons. The molecule has 10 heteroatoms. The van der Waals surface area contributed by atoms with Crippen LogP contribution < -0.4 is 10.1 Å². The lowest BCUT2D eigenvalue weighted by atomic mass is 10.1. The number of aryl methyl sites for hydroxylation is 1. The molecule has 0 unspecified atom stereocenters. The van der Waals surface area contributed by atoms with Crippen molar-refractivity contribution in [3.63, 3.8) is 0 Å². The van der Waals surface area contributed by atoms with E-state index >= 15 is 0 Å². The van der Waals surface area contributed by atoms with Crippen LogP contribution >= 0.6 is 11.3 Å². The number of aromatic nitrogens is 4. The summed E-state index contributed by atoms with van der Waals surface area (Å²) >= 11 is 1.44. The van der Waals surface area contributed by atoms with Crippen LogP contribution in [-0.2, 0) is 22.4 Å². The summed E-state index contributed by atoms with van der Waals surface area (Å²) in [5.74, 6) is -0.183. The van der Waals surface area contributed by atoms with E-state index in [1.165, 1.54) is 22.3 Å².